The Bertz CT molecular complexity index is 450. The minimum atomic E-state index is 0.130. The van der Waals surface area contributed by atoms with Gasteiger partial charge in [-0.25, -0.2) is 0 Å². The van der Waals surface area contributed by atoms with E-state index in [0.717, 1.165) is 25.5 Å². The molecule has 1 aliphatic heterocycles. The van der Waals surface area contributed by atoms with Crippen LogP contribution in [0.2, 0.25) is 0 Å². The highest BCUT2D eigenvalue weighted by atomic mass is 16.5. The predicted octanol–water partition coefficient (Wildman–Crippen LogP) is 2.58. The first-order valence-electron chi connectivity index (χ1n) is 6.96. The Morgan fingerprint density at radius 3 is 2.42 bits per heavy atom. The van der Waals surface area contributed by atoms with Gasteiger partial charge in [-0.2, -0.15) is 0 Å². The van der Waals surface area contributed by atoms with Crippen LogP contribution in [0.5, 0.6) is 5.75 Å². The number of benzene rings is 1. The highest BCUT2D eigenvalue weighted by Crippen LogP contribution is 2.37. The summed E-state index contributed by atoms with van der Waals surface area (Å²) in [7, 11) is 1.73. The van der Waals surface area contributed by atoms with Crippen molar-refractivity contribution in [2.45, 2.75) is 39.2 Å². The summed E-state index contributed by atoms with van der Waals surface area (Å²) in [4.78, 5) is 0. The minimum Gasteiger partial charge on any atom is -0.496 e. The minimum absolute atomic E-state index is 0.130. The van der Waals surface area contributed by atoms with Gasteiger partial charge >= 0.3 is 0 Å². The Morgan fingerprint density at radius 2 is 1.95 bits per heavy atom. The summed E-state index contributed by atoms with van der Waals surface area (Å²) in [6.45, 7) is 11.2. The van der Waals surface area contributed by atoms with Crippen LogP contribution in [-0.4, -0.2) is 32.9 Å². The van der Waals surface area contributed by atoms with E-state index in [0.29, 0.717) is 6.04 Å². The molecule has 0 bridgehead atoms. The summed E-state index contributed by atoms with van der Waals surface area (Å²) < 4.78 is 10.9. The maximum absolute atomic E-state index is 5.51. The van der Waals surface area contributed by atoms with Crippen molar-refractivity contribution < 1.29 is 9.47 Å². The monoisotopic (exact) mass is 263 g/mol. The third-order valence-electron chi connectivity index (χ3n) is 4.13. The van der Waals surface area contributed by atoms with Gasteiger partial charge in [0.05, 0.1) is 25.7 Å². The first-order valence-corrected chi connectivity index (χ1v) is 6.96. The van der Waals surface area contributed by atoms with Gasteiger partial charge in [-0.15, -0.1) is 0 Å². The van der Waals surface area contributed by atoms with Crippen LogP contribution in [0.1, 0.15) is 30.5 Å². The zero-order valence-corrected chi connectivity index (χ0v) is 12.7. The summed E-state index contributed by atoms with van der Waals surface area (Å²) in [5.41, 5.74) is 4.08. The van der Waals surface area contributed by atoms with Gasteiger partial charge in [0.1, 0.15) is 5.75 Å². The number of nitrogens with one attached hydrogen (secondary N) is 1. The SMILES string of the molecule is COc1ccc(C2(CNC(C)C)COC2)c(C)c1C. The lowest BCUT2D eigenvalue weighted by atomic mass is 9.75. The van der Waals surface area contributed by atoms with Gasteiger partial charge in [-0.05, 0) is 36.6 Å². The standard InChI is InChI=1S/C16H25NO2/c1-11(2)17-8-16(9-19-10-16)14-6-7-15(18-5)13(4)12(14)3/h6-7,11,17H,8-10H2,1-5H3. The van der Waals surface area contributed by atoms with E-state index in [1.165, 1.54) is 16.7 Å². The molecule has 0 radical (unpaired) electrons. The van der Waals surface area contributed by atoms with E-state index < -0.39 is 0 Å². The second kappa shape index (κ2) is 5.51. The number of hydrogen-bond acceptors (Lipinski definition) is 3. The molecule has 1 aromatic rings. The highest BCUT2D eigenvalue weighted by molar-refractivity contribution is 5.47. The van der Waals surface area contributed by atoms with Crippen molar-refractivity contribution in [2.24, 2.45) is 0 Å². The smallest absolute Gasteiger partial charge is 0.122 e. The lowest BCUT2D eigenvalue weighted by molar-refractivity contribution is -0.0600. The average molecular weight is 263 g/mol. The second-order valence-electron chi connectivity index (χ2n) is 5.87. The Labute approximate surface area is 116 Å². The molecule has 106 valence electrons. The van der Waals surface area contributed by atoms with Crippen molar-refractivity contribution >= 4 is 0 Å². The summed E-state index contributed by atoms with van der Waals surface area (Å²) in [5, 5.41) is 3.55. The van der Waals surface area contributed by atoms with Gasteiger partial charge in [0.25, 0.3) is 0 Å². The fourth-order valence-corrected chi connectivity index (χ4v) is 2.69. The molecule has 0 aromatic heterocycles. The van der Waals surface area contributed by atoms with Crippen LogP contribution in [0, 0.1) is 13.8 Å². The van der Waals surface area contributed by atoms with E-state index in [9.17, 15) is 0 Å². The molecule has 1 heterocycles. The van der Waals surface area contributed by atoms with Crippen LogP contribution in [0.3, 0.4) is 0 Å². The summed E-state index contributed by atoms with van der Waals surface area (Å²) in [6.07, 6.45) is 0. The Balaban J connectivity index is 2.31. The van der Waals surface area contributed by atoms with Crippen molar-refractivity contribution in [3.63, 3.8) is 0 Å². The second-order valence-corrected chi connectivity index (χ2v) is 5.87. The molecule has 2 rings (SSSR count). The molecule has 1 aliphatic rings. The van der Waals surface area contributed by atoms with Crippen LogP contribution >= 0.6 is 0 Å². The highest BCUT2D eigenvalue weighted by Gasteiger charge is 2.41. The maximum Gasteiger partial charge on any atom is 0.122 e. The zero-order chi connectivity index (χ0) is 14.0. The van der Waals surface area contributed by atoms with Gasteiger partial charge in [-0.1, -0.05) is 19.9 Å². The van der Waals surface area contributed by atoms with Gasteiger partial charge < -0.3 is 14.8 Å². The van der Waals surface area contributed by atoms with Gasteiger partial charge in [0.15, 0.2) is 0 Å². The lowest BCUT2D eigenvalue weighted by Gasteiger charge is -2.44. The number of rotatable bonds is 5. The number of ether oxygens (including phenoxy) is 2. The van der Waals surface area contributed by atoms with Crippen LogP contribution in [0.4, 0.5) is 0 Å². The largest absolute Gasteiger partial charge is 0.496 e. The third kappa shape index (κ3) is 2.63. The van der Waals surface area contributed by atoms with Crippen LogP contribution in [0.15, 0.2) is 12.1 Å². The average Bonchev–Trinajstić information content (AvgIpc) is 2.32. The van der Waals surface area contributed by atoms with E-state index in [2.05, 4.69) is 45.1 Å². The van der Waals surface area contributed by atoms with Crippen molar-refractivity contribution in [2.75, 3.05) is 26.9 Å². The Kier molecular flexibility index (Phi) is 4.16. The van der Waals surface area contributed by atoms with E-state index in [1.54, 1.807) is 7.11 Å². The molecular formula is C16H25NO2. The van der Waals surface area contributed by atoms with E-state index in [1.807, 2.05) is 0 Å². The molecule has 0 saturated carbocycles. The summed E-state index contributed by atoms with van der Waals surface area (Å²) in [5.74, 6) is 0.966. The molecule has 0 spiro atoms. The van der Waals surface area contributed by atoms with Crippen molar-refractivity contribution in [3.8, 4) is 5.75 Å². The van der Waals surface area contributed by atoms with Crippen LogP contribution in [-0.2, 0) is 10.2 Å². The Hall–Kier alpha value is -1.06. The molecule has 0 amide bonds. The molecule has 1 aromatic carbocycles. The van der Waals surface area contributed by atoms with Crippen LogP contribution in [0.25, 0.3) is 0 Å². The molecule has 1 saturated heterocycles. The maximum atomic E-state index is 5.51. The Morgan fingerprint density at radius 1 is 1.26 bits per heavy atom. The normalized spacial score (nSPS) is 17.4. The van der Waals surface area contributed by atoms with E-state index in [4.69, 9.17) is 9.47 Å². The quantitative estimate of drug-likeness (QED) is 0.885. The zero-order valence-electron chi connectivity index (χ0n) is 12.7. The molecule has 1 fully saturated rings. The first-order chi connectivity index (χ1) is 9.00. The van der Waals surface area contributed by atoms with Crippen LogP contribution < -0.4 is 10.1 Å². The fraction of sp³-hybridized carbons (Fsp3) is 0.625. The topological polar surface area (TPSA) is 30.5 Å². The molecule has 1 N–H and O–H groups in total. The van der Waals surface area contributed by atoms with Crippen molar-refractivity contribution in [3.05, 3.63) is 28.8 Å². The molecule has 19 heavy (non-hydrogen) atoms. The van der Waals surface area contributed by atoms with Gasteiger partial charge in [0.2, 0.25) is 0 Å². The van der Waals surface area contributed by atoms with Crippen molar-refractivity contribution in [1.29, 1.82) is 0 Å². The predicted molar refractivity (Wildman–Crippen MR) is 78.1 cm³/mol. The summed E-state index contributed by atoms with van der Waals surface area (Å²) >= 11 is 0. The van der Waals surface area contributed by atoms with Crippen molar-refractivity contribution in [1.82, 2.24) is 5.32 Å². The molecular weight excluding hydrogens is 238 g/mol. The number of methoxy groups -OCH3 is 1. The fourth-order valence-electron chi connectivity index (χ4n) is 2.69. The van der Waals surface area contributed by atoms with E-state index in [-0.39, 0.29) is 5.41 Å². The first kappa shape index (κ1) is 14.4. The molecule has 3 nitrogen and oxygen atoms in total. The van der Waals surface area contributed by atoms with Gasteiger partial charge in [0, 0.05) is 12.6 Å². The molecule has 0 atom stereocenters. The third-order valence-corrected chi connectivity index (χ3v) is 4.13. The van der Waals surface area contributed by atoms with Gasteiger partial charge in [-0.3, -0.25) is 0 Å². The summed E-state index contributed by atoms with van der Waals surface area (Å²) in [6, 6.07) is 4.77. The molecule has 0 aliphatic carbocycles. The lowest BCUT2D eigenvalue weighted by Crippen LogP contribution is -2.54. The molecule has 3 heteroatoms. The number of hydrogen-bond donors (Lipinski definition) is 1. The van der Waals surface area contributed by atoms with E-state index >= 15 is 0 Å². The molecule has 0 unspecified atom stereocenters.